The highest BCUT2D eigenvalue weighted by atomic mass is 32.1. The number of amides is 2. The number of anilines is 1. The van der Waals surface area contributed by atoms with E-state index in [2.05, 4.69) is 27.0 Å². The van der Waals surface area contributed by atoms with E-state index in [1.807, 2.05) is 18.2 Å². The van der Waals surface area contributed by atoms with Crippen molar-refractivity contribution in [3.05, 3.63) is 46.2 Å². The normalized spacial score (nSPS) is 17.9. The largest absolute Gasteiger partial charge is 0.484 e. The number of aryl methyl sites for hydroxylation is 1. The lowest BCUT2D eigenvalue weighted by atomic mass is 10.0. The first-order valence-electron chi connectivity index (χ1n) is 9.86. The number of thiophene rings is 1. The van der Waals surface area contributed by atoms with Crippen molar-refractivity contribution < 1.29 is 19.1 Å². The molecule has 1 aromatic heterocycles. The molecule has 2 N–H and O–H groups in total. The van der Waals surface area contributed by atoms with Gasteiger partial charge < -0.3 is 20.1 Å². The quantitative estimate of drug-likeness (QED) is 0.725. The van der Waals surface area contributed by atoms with E-state index in [0.29, 0.717) is 25.1 Å². The molecule has 2 aliphatic rings. The van der Waals surface area contributed by atoms with Crippen LogP contribution in [0.25, 0.3) is 0 Å². The summed E-state index contributed by atoms with van der Waals surface area (Å²) in [5.41, 5.74) is 1.86. The Kier molecular flexibility index (Phi) is 6.43. The Balaban J connectivity index is 1.30. The number of ether oxygens (including phenoxy) is 2. The lowest BCUT2D eigenvalue weighted by Gasteiger charge is -2.34. The molecule has 2 amide bonds. The van der Waals surface area contributed by atoms with Crippen molar-refractivity contribution in [1.29, 1.82) is 0 Å². The third-order valence-corrected chi connectivity index (χ3v) is 6.17. The molecule has 0 aliphatic carbocycles. The average Bonchev–Trinajstić information content (AvgIpc) is 3.27. The van der Waals surface area contributed by atoms with Gasteiger partial charge in [0.25, 0.3) is 5.91 Å². The van der Waals surface area contributed by atoms with E-state index in [-0.39, 0.29) is 24.5 Å². The summed E-state index contributed by atoms with van der Waals surface area (Å²) >= 11 is 1.70. The smallest absolute Gasteiger partial charge is 0.258 e. The first kappa shape index (κ1) is 19.9. The van der Waals surface area contributed by atoms with E-state index in [1.54, 1.807) is 17.4 Å². The second-order valence-electron chi connectivity index (χ2n) is 7.14. The fourth-order valence-corrected chi connectivity index (χ4v) is 4.50. The number of benzene rings is 1. The molecule has 8 heteroatoms. The van der Waals surface area contributed by atoms with Gasteiger partial charge in [0.15, 0.2) is 6.61 Å². The van der Waals surface area contributed by atoms with E-state index in [9.17, 15) is 9.59 Å². The Hall–Kier alpha value is -2.42. The van der Waals surface area contributed by atoms with Crippen LogP contribution in [0.5, 0.6) is 5.75 Å². The second-order valence-corrected chi connectivity index (χ2v) is 8.12. The number of morpholine rings is 1. The van der Waals surface area contributed by atoms with E-state index >= 15 is 0 Å². The molecule has 0 radical (unpaired) electrons. The van der Waals surface area contributed by atoms with Crippen LogP contribution in [0.3, 0.4) is 0 Å². The molecule has 154 valence electrons. The summed E-state index contributed by atoms with van der Waals surface area (Å²) in [4.78, 5) is 27.4. The highest BCUT2D eigenvalue weighted by Crippen LogP contribution is 2.27. The molecule has 0 saturated carbocycles. The number of nitrogens with one attached hydrogen (secondary N) is 2. The Morgan fingerprint density at radius 3 is 2.93 bits per heavy atom. The van der Waals surface area contributed by atoms with Crippen LogP contribution >= 0.6 is 11.3 Å². The monoisotopic (exact) mass is 415 g/mol. The maximum Gasteiger partial charge on any atom is 0.258 e. The van der Waals surface area contributed by atoms with Crippen molar-refractivity contribution in [2.75, 3.05) is 44.8 Å². The van der Waals surface area contributed by atoms with Crippen molar-refractivity contribution >= 4 is 28.8 Å². The maximum atomic E-state index is 12.4. The number of fused-ring (bicyclic) bond motifs is 1. The molecule has 0 spiro atoms. The molecular weight excluding hydrogens is 390 g/mol. The van der Waals surface area contributed by atoms with Gasteiger partial charge in [-0.1, -0.05) is 6.07 Å². The van der Waals surface area contributed by atoms with Gasteiger partial charge in [0.2, 0.25) is 5.91 Å². The minimum absolute atomic E-state index is 0.0334. The van der Waals surface area contributed by atoms with Crippen LogP contribution in [-0.2, 0) is 20.7 Å². The average molecular weight is 416 g/mol. The van der Waals surface area contributed by atoms with Crippen LogP contribution in [0.1, 0.15) is 22.9 Å². The van der Waals surface area contributed by atoms with E-state index in [0.717, 1.165) is 37.6 Å². The van der Waals surface area contributed by atoms with Gasteiger partial charge in [-0.05, 0) is 41.6 Å². The number of nitrogens with zero attached hydrogens (tertiary/aromatic N) is 1. The highest BCUT2D eigenvalue weighted by molar-refractivity contribution is 7.10. The second kappa shape index (κ2) is 9.39. The number of hydrogen-bond donors (Lipinski definition) is 2. The molecule has 4 rings (SSSR count). The molecule has 1 aromatic carbocycles. The summed E-state index contributed by atoms with van der Waals surface area (Å²) in [6, 6.07) is 9.79. The van der Waals surface area contributed by atoms with E-state index in [4.69, 9.17) is 9.47 Å². The van der Waals surface area contributed by atoms with Gasteiger partial charge >= 0.3 is 0 Å². The summed E-state index contributed by atoms with van der Waals surface area (Å²) in [7, 11) is 0. The molecule has 1 unspecified atom stereocenters. The van der Waals surface area contributed by atoms with Crippen LogP contribution in [-0.4, -0.2) is 56.2 Å². The minimum Gasteiger partial charge on any atom is -0.484 e. The summed E-state index contributed by atoms with van der Waals surface area (Å²) in [5, 5.41) is 7.91. The lowest BCUT2D eigenvalue weighted by molar-refractivity contribution is -0.123. The van der Waals surface area contributed by atoms with Gasteiger partial charge in [0.1, 0.15) is 5.75 Å². The molecule has 2 aromatic rings. The summed E-state index contributed by atoms with van der Waals surface area (Å²) in [5.74, 6) is 0.523. The lowest BCUT2D eigenvalue weighted by Crippen LogP contribution is -2.44. The van der Waals surface area contributed by atoms with Crippen LogP contribution < -0.4 is 15.4 Å². The topological polar surface area (TPSA) is 79.9 Å². The Bertz CT molecular complexity index is 850. The van der Waals surface area contributed by atoms with Crippen molar-refractivity contribution in [3.63, 3.8) is 0 Å². The number of rotatable bonds is 7. The van der Waals surface area contributed by atoms with Crippen LogP contribution in [0.15, 0.2) is 35.7 Å². The van der Waals surface area contributed by atoms with Crippen LogP contribution in [0, 0.1) is 0 Å². The predicted octanol–water partition coefficient (Wildman–Crippen LogP) is 2.20. The first-order chi connectivity index (χ1) is 14.2. The highest BCUT2D eigenvalue weighted by Gasteiger charge is 2.24. The van der Waals surface area contributed by atoms with Crippen molar-refractivity contribution in [2.24, 2.45) is 0 Å². The molecule has 0 bridgehead atoms. The Morgan fingerprint density at radius 1 is 1.28 bits per heavy atom. The van der Waals surface area contributed by atoms with Gasteiger partial charge in [-0.3, -0.25) is 14.5 Å². The maximum absolute atomic E-state index is 12.4. The standard InChI is InChI=1S/C21H25N3O4S/c25-20-6-3-15-12-16(4-5-17(15)23-20)28-14-21(26)22-13-18(19-2-1-11-29-19)24-7-9-27-10-8-24/h1-2,4-5,11-12,18H,3,6-10,13-14H2,(H,22,26)(H,23,25). The van der Waals surface area contributed by atoms with E-state index < -0.39 is 0 Å². The van der Waals surface area contributed by atoms with Gasteiger partial charge in [0, 0.05) is 36.6 Å². The van der Waals surface area contributed by atoms with Gasteiger partial charge in [-0.2, -0.15) is 0 Å². The molecule has 1 atom stereocenters. The van der Waals surface area contributed by atoms with Crippen LogP contribution in [0.4, 0.5) is 5.69 Å². The van der Waals surface area contributed by atoms with Crippen molar-refractivity contribution in [3.8, 4) is 5.75 Å². The number of carbonyl (C=O) groups is 2. The number of carbonyl (C=O) groups excluding carboxylic acids is 2. The fourth-order valence-electron chi connectivity index (χ4n) is 3.64. The number of hydrogen-bond acceptors (Lipinski definition) is 6. The summed E-state index contributed by atoms with van der Waals surface area (Å²) in [6.45, 7) is 3.67. The van der Waals surface area contributed by atoms with Crippen molar-refractivity contribution in [1.82, 2.24) is 10.2 Å². The molecule has 7 nitrogen and oxygen atoms in total. The fraction of sp³-hybridized carbons (Fsp3) is 0.429. The molecule has 29 heavy (non-hydrogen) atoms. The zero-order chi connectivity index (χ0) is 20.1. The first-order valence-corrected chi connectivity index (χ1v) is 10.7. The zero-order valence-corrected chi connectivity index (χ0v) is 17.0. The molecular formula is C21H25N3O4S. The van der Waals surface area contributed by atoms with Crippen LogP contribution in [0.2, 0.25) is 0 Å². The predicted molar refractivity (Wildman–Crippen MR) is 111 cm³/mol. The molecule has 1 saturated heterocycles. The zero-order valence-electron chi connectivity index (χ0n) is 16.2. The molecule has 1 fully saturated rings. The van der Waals surface area contributed by atoms with Gasteiger partial charge in [0.05, 0.1) is 19.3 Å². The third-order valence-electron chi connectivity index (χ3n) is 5.19. The van der Waals surface area contributed by atoms with E-state index in [1.165, 1.54) is 4.88 Å². The van der Waals surface area contributed by atoms with Gasteiger partial charge in [-0.25, -0.2) is 0 Å². The summed E-state index contributed by atoms with van der Waals surface area (Å²) in [6.07, 6.45) is 1.16. The SMILES string of the molecule is O=C(COc1ccc2c(c1)CCC(=O)N2)NCC(c1cccs1)N1CCOCC1. The Labute approximate surface area is 174 Å². The summed E-state index contributed by atoms with van der Waals surface area (Å²) < 4.78 is 11.1. The Morgan fingerprint density at radius 2 is 2.14 bits per heavy atom. The van der Waals surface area contributed by atoms with Crippen molar-refractivity contribution in [2.45, 2.75) is 18.9 Å². The molecule has 2 aliphatic heterocycles. The van der Waals surface area contributed by atoms with Gasteiger partial charge in [-0.15, -0.1) is 11.3 Å². The molecule has 3 heterocycles. The minimum atomic E-state index is -0.147. The third kappa shape index (κ3) is 5.14.